The van der Waals surface area contributed by atoms with Gasteiger partial charge in [-0.25, -0.2) is 0 Å². The standard InChI is InChI=1S/C15H23NO2/c1-11(2)16-9-13-6-7-14(17-3)8-15(13)18-10-12-4-5-12/h6-8,11-12,16H,4-5,9-10H2,1-3H3. The van der Waals surface area contributed by atoms with Gasteiger partial charge in [-0.2, -0.15) is 0 Å². The molecule has 2 rings (SSSR count). The van der Waals surface area contributed by atoms with Crippen molar-refractivity contribution in [3.05, 3.63) is 23.8 Å². The van der Waals surface area contributed by atoms with Gasteiger partial charge in [0, 0.05) is 24.2 Å². The Morgan fingerprint density at radius 1 is 1.33 bits per heavy atom. The largest absolute Gasteiger partial charge is 0.497 e. The van der Waals surface area contributed by atoms with Crippen LogP contribution in [0.5, 0.6) is 11.5 Å². The lowest BCUT2D eigenvalue weighted by atomic mass is 10.2. The van der Waals surface area contributed by atoms with E-state index in [9.17, 15) is 0 Å². The number of rotatable bonds is 7. The van der Waals surface area contributed by atoms with Gasteiger partial charge in [0.05, 0.1) is 13.7 Å². The Kier molecular flexibility index (Phi) is 4.48. The monoisotopic (exact) mass is 249 g/mol. The average Bonchev–Trinajstić information content (AvgIpc) is 3.18. The van der Waals surface area contributed by atoms with Gasteiger partial charge in [-0.3, -0.25) is 0 Å². The summed E-state index contributed by atoms with van der Waals surface area (Å²) in [6.45, 7) is 5.96. The van der Waals surface area contributed by atoms with Gasteiger partial charge in [0.1, 0.15) is 11.5 Å². The zero-order valence-electron chi connectivity index (χ0n) is 11.5. The van der Waals surface area contributed by atoms with Crippen LogP contribution >= 0.6 is 0 Å². The van der Waals surface area contributed by atoms with Crippen molar-refractivity contribution in [1.82, 2.24) is 5.32 Å². The third kappa shape index (κ3) is 3.91. The molecule has 1 aromatic carbocycles. The summed E-state index contributed by atoms with van der Waals surface area (Å²) >= 11 is 0. The van der Waals surface area contributed by atoms with Crippen LogP contribution in [0.1, 0.15) is 32.3 Å². The molecule has 1 fully saturated rings. The van der Waals surface area contributed by atoms with Crippen LogP contribution in [0.4, 0.5) is 0 Å². The summed E-state index contributed by atoms with van der Waals surface area (Å²) < 4.78 is 11.2. The molecule has 0 bridgehead atoms. The molecular formula is C15H23NO2. The minimum absolute atomic E-state index is 0.475. The summed E-state index contributed by atoms with van der Waals surface area (Å²) in [5.41, 5.74) is 1.20. The average molecular weight is 249 g/mol. The van der Waals surface area contributed by atoms with E-state index in [0.717, 1.165) is 30.6 Å². The van der Waals surface area contributed by atoms with Crippen LogP contribution < -0.4 is 14.8 Å². The number of hydrogen-bond acceptors (Lipinski definition) is 3. The van der Waals surface area contributed by atoms with E-state index < -0.39 is 0 Å². The minimum atomic E-state index is 0.475. The fourth-order valence-corrected chi connectivity index (χ4v) is 1.75. The van der Waals surface area contributed by atoms with Gasteiger partial charge in [0.15, 0.2) is 0 Å². The van der Waals surface area contributed by atoms with Crippen LogP contribution in [0.25, 0.3) is 0 Å². The molecule has 3 nitrogen and oxygen atoms in total. The number of benzene rings is 1. The Morgan fingerprint density at radius 3 is 2.72 bits per heavy atom. The maximum Gasteiger partial charge on any atom is 0.127 e. The third-order valence-corrected chi connectivity index (χ3v) is 3.15. The maximum atomic E-state index is 5.92. The molecule has 0 heterocycles. The molecule has 0 saturated heterocycles. The molecule has 100 valence electrons. The van der Waals surface area contributed by atoms with E-state index in [1.807, 2.05) is 12.1 Å². The van der Waals surface area contributed by atoms with Crippen molar-refractivity contribution >= 4 is 0 Å². The number of hydrogen-bond donors (Lipinski definition) is 1. The quantitative estimate of drug-likeness (QED) is 0.806. The topological polar surface area (TPSA) is 30.5 Å². The summed E-state index contributed by atoms with van der Waals surface area (Å²) in [7, 11) is 1.69. The lowest BCUT2D eigenvalue weighted by Crippen LogP contribution is -2.22. The number of ether oxygens (including phenoxy) is 2. The molecule has 1 aliphatic rings. The Bertz CT molecular complexity index is 386. The van der Waals surface area contributed by atoms with Crippen LogP contribution in [0.3, 0.4) is 0 Å². The van der Waals surface area contributed by atoms with Gasteiger partial charge in [-0.05, 0) is 24.8 Å². The van der Waals surface area contributed by atoms with E-state index in [1.165, 1.54) is 18.4 Å². The Labute approximate surface area is 109 Å². The van der Waals surface area contributed by atoms with Crippen molar-refractivity contribution in [3.8, 4) is 11.5 Å². The first-order valence-electron chi connectivity index (χ1n) is 6.72. The van der Waals surface area contributed by atoms with Crippen LogP contribution in [-0.2, 0) is 6.54 Å². The van der Waals surface area contributed by atoms with Crippen molar-refractivity contribution in [2.75, 3.05) is 13.7 Å². The lowest BCUT2D eigenvalue weighted by Gasteiger charge is -2.14. The van der Waals surface area contributed by atoms with Crippen molar-refractivity contribution in [1.29, 1.82) is 0 Å². The molecule has 0 atom stereocenters. The maximum absolute atomic E-state index is 5.92. The molecule has 0 spiro atoms. The van der Waals surface area contributed by atoms with Crippen LogP contribution in [-0.4, -0.2) is 19.8 Å². The molecular weight excluding hydrogens is 226 g/mol. The predicted molar refractivity (Wildman–Crippen MR) is 73.2 cm³/mol. The van der Waals surface area contributed by atoms with E-state index in [2.05, 4.69) is 25.2 Å². The smallest absolute Gasteiger partial charge is 0.127 e. The van der Waals surface area contributed by atoms with E-state index in [1.54, 1.807) is 7.11 Å². The fraction of sp³-hybridized carbons (Fsp3) is 0.600. The van der Waals surface area contributed by atoms with E-state index in [4.69, 9.17) is 9.47 Å². The van der Waals surface area contributed by atoms with Crippen LogP contribution in [0.15, 0.2) is 18.2 Å². The van der Waals surface area contributed by atoms with Gasteiger partial charge in [0.2, 0.25) is 0 Å². The number of nitrogens with one attached hydrogen (secondary N) is 1. The predicted octanol–water partition coefficient (Wildman–Crippen LogP) is 2.98. The molecule has 1 N–H and O–H groups in total. The van der Waals surface area contributed by atoms with Crippen molar-refractivity contribution in [2.24, 2.45) is 5.92 Å². The molecule has 18 heavy (non-hydrogen) atoms. The molecule has 0 amide bonds. The minimum Gasteiger partial charge on any atom is -0.497 e. The zero-order chi connectivity index (χ0) is 13.0. The molecule has 1 aliphatic carbocycles. The summed E-state index contributed by atoms with van der Waals surface area (Å²) in [6.07, 6.45) is 2.62. The second-order valence-electron chi connectivity index (χ2n) is 5.26. The molecule has 0 aliphatic heterocycles. The van der Waals surface area contributed by atoms with Crippen molar-refractivity contribution in [2.45, 2.75) is 39.3 Å². The van der Waals surface area contributed by atoms with Crippen molar-refractivity contribution in [3.63, 3.8) is 0 Å². The normalized spacial score (nSPS) is 14.9. The van der Waals surface area contributed by atoms with Gasteiger partial charge in [-0.15, -0.1) is 0 Å². The summed E-state index contributed by atoms with van der Waals surface area (Å²) in [4.78, 5) is 0. The first-order valence-corrected chi connectivity index (χ1v) is 6.72. The van der Waals surface area contributed by atoms with Gasteiger partial charge in [-0.1, -0.05) is 19.9 Å². The first kappa shape index (κ1) is 13.2. The molecule has 3 heteroatoms. The summed E-state index contributed by atoms with van der Waals surface area (Å²) in [5.74, 6) is 2.57. The molecule has 0 radical (unpaired) electrons. The molecule has 0 unspecified atom stereocenters. The fourth-order valence-electron chi connectivity index (χ4n) is 1.75. The Morgan fingerprint density at radius 2 is 2.11 bits per heavy atom. The van der Waals surface area contributed by atoms with Crippen LogP contribution in [0.2, 0.25) is 0 Å². The number of methoxy groups -OCH3 is 1. The Hall–Kier alpha value is -1.22. The zero-order valence-corrected chi connectivity index (χ0v) is 11.5. The van der Waals surface area contributed by atoms with Gasteiger partial charge in [0.25, 0.3) is 0 Å². The van der Waals surface area contributed by atoms with Crippen LogP contribution in [0, 0.1) is 5.92 Å². The van der Waals surface area contributed by atoms with E-state index in [-0.39, 0.29) is 0 Å². The highest BCUT2D eigenvalue weighted by atomic mass is 16.5. The van der Waals surface area contributed by atoms with Crippen molar-refractivity contribution < 1.29 is 9.47 Å². The molecule has 1 saturated carbocycles. The second-order valence-corrected chi connectivity index (χ2v) is 5.26. The molecule has 1 aromatic rings. The highest BCUT2D eigenvalue weighted by Gasteiger charge is 2.22. The van der Waals surface area contributed by atoms with E-state index >= 15 is 0 Å². The highest BCUT2D eigenvalue weighted by Crippen LogP contribution is 2.31. The summed E-state index contributed by atoms with van der Waals surface area (Å²) in [6, 6.07) is 6.53. The van der Waals surface area contributed by atoms with E-state index in [0.29, 0.717) is 6.04 Å². The molecule has 0 aromatic heterocycles. The third-order valence-electron chi connectivity index (χ3n) is 3.15. The highest BCUT2D eigenvalue weighted by molar-refractivity contribution is 5.40. The lowest BCUT2D eigenvalue weighted by molar-refractivity contribution is 0.293. The second kappa shape index (κ2) is 6.10. The first-order chi connectivity index (χ1) is 8.69. The van der Waals surface area contributed by atoms with Gasteiger partial charge >= 0.3 is 0 Å². The summed E-state index contributed by atoms with van der Waals surface area (Å²) in [5, 5.41) is 3.42. The Balaban J connectivity index is 2.03. The van der Waals surface area contributed by atoms with Gasteiger partial charge < -0.3 is 14.8 Å². The SMILES string of the molecule is COc1ccc(CNC(C)C)c(OCC2CC2)c1.